The summed E-state index contributed by atoms with van der Waals surface area (Å²) in [5.41, 5.74) is 12.3. The monoisotopic (exact) mass is 548 g/mol. The lowest BCUT2D eigenvalue weighted by molar-refractivity contribution is 0.769. The van der Waals surface area contributed by atoms with Crippen molar-refractivity contribution in [2.24, 2.45) is 0 Å². The van der Waals surface area contributed by atoms with E-state index in [0.29, 0.717) is 0 Å². The third kappa shape index (κ3) is 3.58. The summed E-state index contributed by atoms with van der Waals surface area (Å²) in [5.74, 6) is 0. The maximum Gasteiger partial charge on any atom is 0.0714 e. The molecule has 0 saturated carbocycles. The van der Waals surface area contributed by atoms with Gasteiger partial charge in [-0.3, -0.25) is 0 Å². The molecule has 38 heavy (non-hydrogen) atoms. The van der Waals surface area contributed by atoms with Crippen LogP contribution in [-0.4, -0.2) is 0 Å². The van der Waals surface area contributed by atoms with Gasteiger partial charge in [-0.1, -0.05) is 143 Å². The van der Waals surface area contributed by atoms with Crippen LogP contribution < -0.4 is 0 Å². The lowest BCUT2D eigenvalue weighted by Crippen LogP contribution is -2.28. The Morgan fingerprint density at radius 1 is 0.368 bits per heavy atom. The average Bonchev–Trinajstić information content (AvgIpc) is 3.29. The van der Waals surface area contributed by atoms with Gasteiger partial charge in [0.15, 0.2) is 0 Å². The molecule has 1 aliphatic carbocycles. The van der Waals surface area contributed by atoms with Crippen molar-refractivity contribution in [2.45, 2.75) is 5.41 Å². The molecule has 6 aromatic carbocycles. The highest BCUT2D eigenvalue weighted by atomic mass is 79.9. The smallest absolute Gasteiger partial charge is 0.0622 e. The van der Waals surface area contributed by atoms with E-state index in [1.165, 1.54) is 55.6 Å². The first-order valence-electron chi connectivity index (χ1n) is 13.0. The van der Waals surface area contributed by atoms with Gasteiger partial charge in [0.05, 0.1) is 5.41 Å². The Kier molecular flexibility index (Phi) is 5.60. The molecule has 0 N–H and O–H groups in total. The van der Waals surface area contributed by atoms with Crippen LogP contribution in [0.3, 0.4) is 0 Å². The highest BCUT2D eigenvalue weighted by molar-refractivity contribution is 9.10. The summed E-state index contributed by atoms with van der Waals surface area (Å²) in [4.78, 5) is 0. The quantitative estimate of drug-likeness (QED) is 0.205. The summed E-state index contributed by atoms with van der Waals surface area (Å²) < 4.78 is 1.08. The summed E-state index contributed by atoms with van der Waals surface area (Å²) in [7, 11) is 0. The second kappa shape index (κ2) is 9.28. The van der Waals surface area contributed by atoms with E-state index in [1.807, 2.05) is 0 Å². The predicted octanol–water partition coefficient (Wildman–Crippen LogP) is 10.1. The van der Waals surface area contributed by atoms with Crippen molar-refractivity contribution in [2.75, 3.05) is 0 Å². The number of hydrogen-bond acceptors (Lipinski definition) is 0. The molecule has 0 amide bonds. The lowest BCUT2D eigenvalue weighted by Gasteiger charge is -2.34. The molecule has 0 aliphatic heterocycles. The van der Waals surface area contributed by atoms with Crippen LogP contribution in [0.15, 0.2) is 156 Å². The van der Waals surface area contributed by atoms with E-state index in [0.717, 1.165) is 4.47 Å². The maximum absolute atomic E-state index is 3.68. The predicted molar refractivity (Wildman–Crippen MR) is 162 cm³/mol. The van der Waals surface area contributed by atoms with E-state index in [1.54, 1.807) is 0 Å². The van der Waals surface area contributed by atoms with Crippen LogP contribution in [0, 0.1) is 0 Å². The lowest BCUT2D eigenvalue weighted by atomic mass is 9.67. The van der Waals surface area contributed by atoms with E-state index < -0.39 is 5.41 Å². The summed E-state index contributed by atoms with van der Waals surface area (Å²) in [6.07, 6.45) is 0. The van der Waals surface area contributed by atoms with Gasteiger partial charge in [-0.2, -0.15) is 0 Å². The molecule has 1 heteroatoms. The Morgan fingerprint density at radius 3 is 1.26 bits per heavy atom. The van der Waals surface area contributed by atoms with Gasteiger partial charge in [0, 0.05) is 4.47 Å². The van der Waals surface area contributed by atoms with Gasteiger partial charge >= 0.3 is 0 Å². The van der Waals surface area contributed by atoms with Crippen LogP contribution >= 0.6 is 15.9 Å². The molecule has 0 aromatic heterocycles. The molecule has 0 heterocycles. The van der Waals surface area contributed by atoms with Gasteiger partial charge in [-0.05, 0) is 79.9 Å². The topological polar surface area (TPSA) is 0 Å². The van der Waals surface area contributed by atoms with Gasteiger partial charge in [0.25, 0.3) is 0 Å². The largest absolute Gasteiger partial charge is 0.0714 e. The number of fused-ring (bicyclic) bond motifs is 3. The highest BCUT2D eigenvalue weighted by Gasteiger charge is 2.46. The van der Waals surface area contributed by atoms with Gasteiger partial charge in [-0.25, -0.2) is 0 Å². The van der Waals surface area contributed by atoms with Gasteiger partial charge in [0.1, 0.15) is 0 Å². The summed E-state index contributed by atoms with van der Waals surface area (Å²) in [6.45, 7) is 0. The molecular formula is C37H25Br. The summed E-state index contributed by atoms with van der Waals surface area (Å²) in [5, 5.41) is 0. The van der Waals surface area contributed by atoms with Gasteiger partial charge < -0.3 is 0 Å². The first kappa shape index (κ1) is 23.0. The van der Waals surface area contributed by atoms with Crippen molar-refractivity contribution in [3.05, 3.63) is 178 Å². The molecule has 0 nitrogen and oxygen atoms in total. The number of benzene rings is 6. The van der Waals surface area contributed by atoms with Crippen molar-refractivity contribution in [3.63, 3.8) is 0 Å². The zero-order valence-corrected chi connectivity index (χ0v) is 22.4. The number of hydrogen-bond donors (Lipinski definition) is 0. The molecule has 0 spiro atoms. The fraction of sp³-hybridized carbons (Fsp3) is 0.0270. The molecule has 0 fully saturated rings. The van der Waals surface area contributed by atoms with E-state index in [9.17, 15) is 0 Å². The van der Waals surface area contributed by atoms with Crippen molar-refractivity contribution in [3.8, 4) is 33.4 Å². The number of rotatable bonds is 4. The van der Waals surface area contributed by atoms with Crippen LogP contribution in [0.4, 0.5) is 0 Å². The van der Waals surface area contributed by atoms with Crippen molar-refractivity contribution >= 4 is 15.9 Å². The van der Waals surface area contributed by atoms with Crippen molar-refractivity contribution in [1.29, 1.82) is 0 Å². The van der Waals surface area contributed by atoms with Crippen LogP contribution in [0.25, 0.3) is 33.4 Å². The van der Waals surface area contributed by atoms with Crippen molar-refractivity contribution < 1.29 is 0 Å². The Hall–Kier alpha value is -4.20. The zero-order valence-electron chi connectivity index (χ0n) is 20.8. The highest BCUT2D eigenvalue weighted by Crippen LogP contribution is 2.57. The van der Waals surface area contributed by atoms with Crippen LogP contribution in [0.2, 0.25) is 0 Å². The van der Waals surface area contributed by atoms with E-state index in [2.05, 4.69) is 168 Å². The molecule has 0 unspecified atom stereocenters. The normalized spacial score (nSPS) is 13.1. The second-order valence-corrected chi connectivity index (χ2v) is 10.8. The minimum atomic E-state index is -0.442. The molecule has 0 saturated heterocycles. The maximum atomic E-state index is 3.68. The van der Waals surface area contributed by atoms with Crippen LogP contribution in [0.5, 0.6) is 0 Å². The molecule has 6 aromatic rings. The third-order valence-electron chi connectivity index (χ3n) is 7.84. The average molecular weight is 550 g/mol. The van der Waals surface area contributed by atoms with Gasteiger partial charge in [-0.15, -0.1) is 0 Å². The summed E-state index contributed by atoms with van der Waals surface area (Å²) in [6, 6.07) is 55.3. The van der Waals surface area contributed by atoms with Crippen LogP contribution in [0.1, 0.15) is 22.3 Å². The Labute approximate surface area is 232 Å². The van der Waals surface area contributed by atoms with E-state index in [-0.39, 0.29) is 0 Å². The van der Waals surface area contributed by atoms with E-state index >= 15 is 0 Å². The molecule has 1 aliphatic rings. The molecule has 7 rings (SSSR count). The Balaban J connectivity index is 1.59. The second-order valence-electron chi connectivity index (χ2n) is 9.88. The third-order valence-corrected chi connectivity index (χ3v) is 8.36. The fourth-order valence-corrected chi connectivity index (χ4v) is 6.39. The number of halogens is 1. The Morgan fingerprint density at radius 2 is 0.789 bits per heavy atom. The standard InChI is InChI=1S/C37H25Br/c38-32-20-18-31(19-21-32)37(30-14-8-3-9-15-30)35-24-28(26-10-4-1-5-11-26)16-22-33(35)34-23-17-29(25-36(34)37)27-12-6-2-7-13-27/h1-25H. The van der Waals surface area contributed by atoms with Crippen molar-refractivity contribution in [1.82, 2.24) is 0 Å². The molecule has 180 valence electrons. The molecule has 0 radical (unpaired) electrons. The molecule has 0 bridgehead atoms. The van der Waals surface area contributed by atoms with E-state index in [4.69, 9.17) is 0 Å². The minimum Gasteiger partial charge on any atom is -0.0622 e. The first-order valence-corrected chi connectivity index (χ1v) is 13.8. The molecule has 0 atom stereocenters. The Bertz CT molecular complexity index is 1650. The first-order chi connectivity index (χ1) is 18.7. The zero-order chi connectivity index (χ0) is 25.5. The fourth-order valence-electron chi connectivity index (χ4n) is 6.12. The van der Waals surface area contributed by atoms with Crippen LogP contribution in [-0.2, 0) is 5.41 Å². The SMILES string of the molecule is Brc1ccc(C2(c3ccccc3)c3cc(-c4ccccc4)ccc3-c3ccc(-c4ccccc4)cc32)cc1. The molecular weight excluding hydrogens is 524 g/mol. The van der Waals surface area contributed by atoms with Gasteiger partial charge in [0.2, 0.25) is 0 Å². The summed E-state index contributed by atoms with van der Waals surface area (Å²) >= 11 is 3.68. The minimum absolute atomic E-state index is 0.442.